The van der Waals surface area contributed by atoms with Crippen LogP contribution in [-0.2, 0) is 6.54 Å². The summed E-state index contributed by atoms with van der Waals surface area (Å²) in [4.78, 5) is 15.3. The van der Waals surface area contributed by atoms with Gasteiger partial charge in [-0.3, -0.25) is 9.80 Å². The van der Waals surface area contributed by atoms with Gasteiger partial charge in [-0.25, -0.2) is 4.79 Å². The average molecular weight is 273 g/mol. The summed E-state index contributed by atoms with van der Waals surface area (Å²) in [5.41, 5.74) is 1.44. The van der Waals surface area contributed by atoms with Gasteiger partial charge in [-0.1, -0.05) is 12.1 Å². The van der Waals surface area contributed by atoms with Crippen LogP contribution in [0.5, 0.6) is 0 Å². The molecule has 0 radical (unpaired) electrons. The number of aromatic carboxylic acids is 1. The first-order valence-corrected chi connectivity index (χ1v) is 6.78. The third-order valence-electron chi connectivity index (χ3n) is 3.75. The van der Waals surface area contributed by atoms with Crippen molar-refractivity contribution >= 4 is 5.97 Å². The van der Waals surface area contributed by atoms with E-state index >= 15 is 0 Å². The van der Waals surface area contributed by atoms with Crippen molar-refractivity contribution in [3.8, 4) is 6.07 Å². The van der Waals surface area contributed by atoms with E-state index in [1.54, 1.807) is 12.1 Å². The molecule has 5 nitrogen and oxygen atoms in total. The van der Waals surface area contributed by atoms with Gasteiger partial charge >= 0.3 is 5.97 Å². The lowest BCUT2D eigenvalue weighted by molar-refractivity contribution is 0.0697. The number of piperazine rings is 1. The Morgan fingerprint density at radius 1 is 1.30 bits per heavy atom. The van der Waals surface area contributed by atoms with Crippen LogP contribution in [0.25, 0.3) is 0 Å². The van der Waals surface area contributed by atoms with Crippen LogP contribution in [0.15, 0.2) is 24.3 Å². The maximum atomic E-state index is 10.8. The molecule has 1 heterocycles. The minimum absolute atomic E-state index is 0.0213. The molecular weight excluding hydrogens is 254 g/mol. The fraction of sp³-hybridized carbons (Fsp3) is 0.467. The van der Waals surface area contributed by atoms with Crippen molar-refractivity contribution in [3.05, 3.63) is 35.4 Å². The molecule has 0 bridgehead atoms. The second-order valence-corrected chi connectivity index (χ2v) is 5.12. The van der Waals surface area contributed by atoms with Gasteiger partial charge in [-0.2, -0.15) is 5.26 Å². The predicted molar refractivity (Wildman–Crippen MR) is 75.3 cm³/mol. The van der Waals surface area contributed by atoms with E-state index in [-0.39, 0.29) is 6.04 Å². The van der Waals surface area contributed by atoms with E-state index in [0.717, 1.165) is 38.3 Å². The highest BCUT2D eigenvalue weighted by Gasteiger charge is 2.20. The number of carboxylic acids is 1. The lowest BCUT2D eigenvalue weighted by Gasteiger charge is -2.35. The smallest absolute Gasteiger partial charge is 0.335 e. The van der Waals surface area contributed by atoms with Crippen molar-refractivity contribution in [3.63, 3.8) is 0 Å². The van der Waals surface area contributed by atoms with Gasteiger partial charge in [-0.05, 0) is 24.6 Å². The van der Waals surface area contributed by atoms with Gasteiger partial charge in [0.1, 0.15) is 0 Å². The van der Waals surface area contributed by atoms with Gasteiger partial charge in [0.15, 0.2) is 0 Å². The number of carboxylic acid groups (broad SMARTS) is 1. The average Bonchev–Trinajstić information content (AvgIpc) is 2.48. The van der Waals surface area contributed by atoms with Gasteiger partial charge in [0, 0.05) is 32.7 Å². The second kappa shape index (κ2) is 6.51. The quantitative estimate of drug-likeness (QED) is 0.898. The van der Waals surface area contributed by atoms with Crippen LogP contribution >= 0.6 is 0 Å². The maximum absolute atomic E-state index is 10.8. The summed E-state index contributed by atoms with van der Waals surface area (Å²) in [7, 11) is 0. The van der Waals surface area contributed by atoms with E-state index in [1.807, 2.05) is 19.1 Å². The van der Waals surface area contributed by atoms with Crippen LogP contribution in [0.2, 0.25) is 0 Å². The Bertz CT molecular complexity index is 499. The van der Waals surface area contributed by atoms with Gasteiger partial charge < -0.3 is 5.11 Å². The molecule has 0 aliphatic carbocycles. The predicted octanol–water partition coefficient (Wildman–Crippen LogP) is 1.41. The summed E-state index contributed by atoms with van der Waals surface area (Å²) in [5.74, 6) is -0.893. The van der Waals surface area contributed by atoms with E-state index in [9.17, 15) is 4.79 Å². The van der Waals surface area contributed by atoms with Crippen LogP contribution in [0.3, 0.4) is 0 Å². The number of benzene rings is 1. The third kappa shape index (κ3) is 3.56. The van der Waals surface area contributed by atoms with Crippen molar-refractivity contribution in [2.45, 2.75) is 19.5 Å². The fourth-order valence-electron chi connectivity index (χ4n) is 2.40. The minimum Gasteiger partial charge on any atom is -0.478 e. The highest BCUT2D eigenvalue weighted by molar-refractivity contribution is 5.87. The van der Waals surface area contributed by atoms with Crippen molar-refractivity contribution in [2.75, 3.05) is 26.2 Å². The fourth-order valence-corrected chi connectivity index (χ4v) is 2.40. The molecule has 1 aromatic carbocycles. The Morgan fingerprint density at radius 2 is 1.90 bits per heavy atom. The molecule has 0 saturated carbocycles. The van der Waals surface area contributed by atoms with Crippen molar-refractivity contribution in [2.24, 2.45) is 0 Å². The third-order valence-corrected chi connectivity index (χ3v) is 3.75. The van der Waals surface area contributed by atoms with Crippen LogP contribution in [0.1, 0.15) is 22.8 Å². The van der Waals surface area contributed by atoms with E-state index in [0.29, 0.717) is 5.56 Å². The van der Waals surface area contributed by atoms with E-state index < -0.39 is 5.97 Å². The molecule has 0 aromatic heterocycles. The van der Waals surface area contributed by atoms with Crippen molar-refractivity contribution in [1.29, 1.82) is 5.26 Å². The topological polar surface area (TPSA) is 67.6 Å². The molecule has 1 aliphatic heterocycles. The zero-order valence-corrected chi connectivity index (χ0v) is 11.6. The van der Waals surface area contributed by atoms with Crippen LogP contribution in [-0.4, -0.2) is 53.1 Å². The molecule has 1 atom stereocenters. The van der Waals surface area contributed by atoms with E-state index in [1.165, 1.54) is 0 Å². The summed E-state index contributed by atoms with van der Waals surface area (Å²) in [5, 5.41) is 17.8. The number of hydrogen-bond donors (Lipinski definition) is 1. The van der Waals surface area contributed by atoms with Crippen LogP contribution in [0.4, 0.5) is 0 Å². The SMILES string of the molecule is CC(C#N)N1CCN(Cc2ccc(C(=O)O)cc2)CC1. The molecule has 2 rings (SSSR count). The number of rotatable bonds is 4. The Hall–Kier alpha value is -1.90. The lowest BCUT2D eigenvalue weighted by atomic mass is 10.1. The molecule has 1 N–H and O–H groups in total. The van der Waals surface area contributed by atoms with Gasteiger partial charge in [0.25, 0.3) is 0 Å². The summed E-state index contributed by atoms with van der Waals surface area (Å²) in [6.45, 7) is 6.44. The molecule has 1 saturated heterocycles. The molecular formula is C15H19N3O2. The van der Waals surface area contributed by atoms with Gasteiger partial charge in [0.2, 0.25) is 0 Å². The first kappa shape index (κ1) is 14.5. The second-order valence-electron chi connectivity index (χ2n) is 5.12. The number of carbonyl (C=O) groups is 1. The lowest BCUT2D eigenvalue weighted by Crippen LogP contribution is -2.48. The largest absolute Gasteiger partial charge is 0.478 e. The normalized spacial score (nSPS) is 18.4. The molecule has 1 aliphatic rings. The molecule has 1 unspecified atom stereocenters. The molecule has 106 valence electrons. The number of nitrogens with zero attached hydrogens (tertiary/aromatic N) is 3. The molecule has 1 fully saturated rings. The molecule has 5 heteroatoms. The standard InChI is InChI=1S/C15H19N3O2/c1-12(10-16)18-8-6-17(7-9-18)11-13-2-4-14(5-3-13)15(19)20/h2-5,12H,6-9,11H2,1H3,(H,19,20). The Morgan fingerprint density at radius 3 is 2.40 bits per heavy atom. The summed E-state index contributed by atoms with van der Waals surface area (Å²) >= 11 is 0. The highest BCUT2D eigenvalue weighted by atomic mass is 16.4. The van der Waals surface area contributed by atoms with Gasteiger partial charge in [0.05, 0.1) is 17.7 Å². The molecule has 20 heavy (non-hydrogen) atoms. The molecule has 1 aromatic rings. The van der Waals surface area contributed by atoms with Gasteiger partial charge in [-0.15, -0.1) is 0 Å². The minimum atomic E-state index is -0.893. The summed E-state index contributed by atoms with van der Waals surface area (Å²) < 4.78 is 0. The van der Waals surface area contributed by atoms with Crippen molar-refractivity contribution < 1.29 is 9.90 Å². The number of hydrogen-bond acceptors (Lipinski definition) is 4. The first-order valence-electron chi connectivity index (χ1n) is 6.78. The highest BCUT2D eigenvalue weighted by Crippen LogP contribution is 2.11. The Labute approximate surface area is 119 Å². The van der Waals surface area contributed by atoms with E-state index in [4.69, 9.17) is 10.4 Å². The zero-order valence-electron chi connectivity index (χ0n) is 11.6. The summed E-state index contributed by atoms with van der Waals surface area (Å²) in [6, 6.07) is 9.27. The maximum Gasteiger partial charge on any atom is 0.335 e. The Kier molecular flexibility index (Phi) is 4.72. The van der Waals surface area contributed by atoms with Crippen molar-refractivity contribution in [1.82, 2.24) is 9.80 Å². The number of nitriles is 1. The van der Waals surface area contributed by atoms with E-state index in [2.05, 4.69) is 15.9 Å². The monoisotopic (exact) mass is 273 g/mol. The zero-order chi connectivity index (χ0) is 14.5. The molecule has 0 spiro atoms. The van der Waals surface area contributed by atoms with Crippen LogP contribution in [0, 0.1) is 11.3 Å². The summed E-state index contributed by atoms with van der Waals surface area (Å²) in [6.07, 6.45) is 0. The Balaban J connectivity index is 1.86. The first-order chi connectivity index (χ1) is 9.60. The molecule has 0 amide bonds. The van der Waals surface area contributed by atoms with Crippen LogP contribution < -0.4 is 0 Å².